The lowest BCUT2D eigenvalue weighted by Crippen LogP contribution is -2.06. The maximum Gasteiger partial charge on any atom is 0.131 e. The van der Waals surface area contributed by atoms with Crippen LogP contribution in [0.5, 0.6) is 5.75 Å². The Morgan fingerprint density at radius 3 is 2.44 bits per heavy atom. The van der Waals surface area contributed by atoms with Crippen molar-refractivity contribution in [3.8, 4) is 5.75 Å². The smallest absolute Gasteiger partial charge is 0.131 e. The minimum atomic E-state index is -0.253. The Bertz CT molecular complexity index is 433. The molecule has 2 rings (SSSR count). The molecule has 1 aliphatic carbocycles. The van der Waals surface area contributed by atoms with Crippen LogP contribution in [0.2, 0.25) is 0 Å². The van der Waals surface area contributed by atoms with Gasteiger partial charge in [-0.15, -0.1) is 0 Å². The molecule has 0 aliphatic heterocycles. The minimum Gasteiger partial charge on any atom is -0.496 e. The maximum atomic E-state index is 13.9. The Labute approximate surface area is 103 Å². The van der Waals surface area contributed by atoms with E-state index in [0.717, 1.165) is 0 Å². The zero-order valence-electron chi connectivity index (χ0n) is 9.55. The second kappa shape index (κ2) is 3.70. The summed E-state index contributed by atoms with van der Waals surface area (Å²) in [5, 5.41) is 0. The van der Waals surface area contributed by atoms with E-state index in [1.807, 2.05) is 13.8 Å². The molecule has 4 heteroatoms. The quantitative estimate of drug-likeness (QED) is 0.907. The summed E-state index contributed by atoms with van der Waals surface area (Å²) < 4.78 is 19.8. The van der Waals surface area contributed by atoms with Gasteiger partial charge in [-0.2, -0.15) is 0 Å². The molecule has 1 saturated carbocycles. The lowest BCUT2D eigenvalue weighted by Gasteiger charge is -2.11. The molecule has 2 atom stereocenters. The normalized spacial score (nSPS) is 26.6. The number of rotatable bonds is 2. The Hall–Kier alpha value is -0.610. The molecule has 0 radical (unpaired) electrons. The molecule has 1 aliphatic rings. The highest BCUT2D eigenvalue weighted by Gasteiger charge is 2.58. The van der Waals surface area contributed by atoms with Gasteiger partial charge in [0.15, 0.2) is 0 Å². The summed E-state index contributed by atoms with van der Waals surface area (Å²) in [4.78, 5) is 0. The van der Waals surface area contributed by atoms with E-state index in [0.29, 0.717) is 15.8 Å². The third kappa shape index (κ3) is 1.64. The molecule has 0 bridgehead atoms. The summed E-state index contributed by atoms with van der Waals surface area (Å²) in [6.45, 7) is 4.09. The van der Waals surface area contributed by atoms with E-state index in [1.54, 1.807) is 13.2 Å². The number of hydrogen-bond donors (Lipinski definition) is 1. The molecule has 1 aromatic rings. The standard InChI is InChI=1S/C12H15BrFNO/c1-12(2)10(11(12)15)9-7(14)4-6(13)5-8(9)16-3/h4-5,10-11H,15H2,1-3H3. The minimum absolute atomic E-state index is 0.00271. The van der Waals surface area contributed by atoms with Gasteiger partial charge < -0.3 is 10.5 Å². The molecule has 0 spiro atoms. The average Bonchev–Trinajstić information content (AvgIpc) is 2.66. The first-order chi connectivity index (χ1) is 7.39. The van der Waals surface area contributed by atoms with Crippen LogP contribution in [-0.4, -0.2) is 13.2 Å². The van der Waals surface area contributed by atoms with Gasteiger partial charge in [0.25, 0.3) is 0 Å². The van der Waals surface area contributed by atoms with Crippen LogP contribution in [0.4, 0.5) is 4.39 Å². The van der Waals surface area contributed by atoms with Gasteiger partial charge >= 0.3 is 0 Å². The van der Waals surface area contributed by atoms with Gasteiger partial charge in [-0.3, -0.25) is 0 Å². The highest BCUT2D eigenvalue weighted by molar-refractivity contribution is 9.10. The van der Waals surface area contributed by atoms with Gasteiger partial charge in [0.1, 0.15) is 11.6 Å². The molecular formula is C12H15BrFNO. The predicted octanol–water partition coefficient (Wildman–Crippen LogP) is 3.05. The number of benzene rings is 1. The van der Waals surface area contributed by atoms with Crippen molar-refractivity contribution >= 4 is 15.9 Å². The van der Waals surface area contributed by atoms with E-state index < -0.39 is 0 Å². The highest BCUT2D eigenvalue weighted by Crippen LogP contribution is 2.59. The van der Waals surface area contributed by atoms with E-state index in [4.69, 9.17) is 10.5 Å². The second-order valence-corrected chi connectivity index (χ2v) is 5.74. The monoisotopic (exact) mass is 287 g/mol. The van der Waals surface area contributed by atoms with Gasteiger partial charge in [0, 0.05) is 22.0 Å². The molecule has 0 aromatic heterocycles. The summed E-state index contributed by atoms with van der Waals surface area (Å²) in [6, 6.07) is 3.23. The van der Waals surface area contributed by atoms with Crippen molar-refractivity contribution < 1.29 is 9.13 Å². The topological polar surface area (TPSA) is 35.2 Å². The number of nitrogens with two attached hydrogens (primary N) is 1. The molecule has 1 fully saturated rings. The van der Waals surface area contributed by atoms with Crippen molar-refractivity contribution in [2.75, 3.05) is 7.11 Å². The summed E-state index contributed by atoms with van der Waals surface area (Å²) in [6.07, 6.45) is 0. The van der Waals surface area contributed by atoms with Crippen LogP contribution in [0, 0.1) is 11.2 Å². The first-order valence-corrected chi connectivity index (χ1v) is 5.97. The molecule has 2 nitrogen and oxygen atoms in total. The second-order valence-electron chi connectivity index (χ2n) is 4.83. The fraction of sp³-hybridized carbons (Fsp3) is 0.500. The van der Waals surface area contributed by atoms with Crippen molar-refractivity contribution in [1.29, 1.82) is 0 Å². The Balaban J connectivity index is 2.49. The van der Waals surface area contributed by atoms with E-state index in [2.05, 4.69) is 15.9 Å². The molecule has 2 N–H and O–H groups in total. The SMILES string of the molecule is COc1cc(Br)cc(F)c1C1C(N)C1(C)C. The van der Waals surface area contributed by atoms with Crippen molar-refractivity contribution in [2.45, 2.75) is 25.8 Å². The van der Waals surface area contributed by atoms with Crippen molar-refractivity contribution in [2.24, 2.45) is 11.1 Å². The van der Waals surface area contributed by atoms with Crippen molar-refractivity contribution in [3.63, 3.8) is 0 Å². The Kier molecular flexibility index (Phi) is 2.75. The van der Waals surface area contributed by atoms with E-state index in [9.17, 15) is 4.39 Å². The number of halogens is 2. The highest BCUT2D eigenvalue weighted by atomic mass is 79.9. The van der Waals surface area contributed by atoms with E-state index in [1.165, 1.54) is 6.07 Å². The maximum absolute atomic E-state index is 13.9. The Morgan fingerprint density at radius 1 is 1.44 bits per heavy atom. The zero-order valence-corrected chi connectivity index (χ0v) is 11.1. The van der Waals surface area contributed by atoms with E-state index >= 15 is 0 Å². The summed E-state index contributed by atoms with van der Waals surface area (Å²) >= 11 is 3.25. The van der Waals surface area contributed by atoms with Crippen LogP contribution < -0.4 is 10.5 Å². The molecule has 0 heterocycles. The summed E-state index contributed by atoms with van der Waals surface area (Å²) in [5.41, 5.74) is 6.52. The Morgan fingerprint density at radius 2 is 2.00 bits per heavy atom. The van der Waals surface area contributed by atoms with Crippen LogP contribution in [-0.2, 0) is 0 Å². The van der Waals surface area contributed by atoms with Crippen LogP contribution in [0.25, 0.3) is 0 Å². The van der Waals surface area contributed by atoms with Gasteiger partial charge in [0.05, 0.1) is 7.11 Å². The molecule has 2 unspecified atom stereocenters. The summed E-state index contributed by atoms with van der Waals surface area (Å²) in [5.74, 6) is 0.352. The largest absolute Gasteiger partial charge is 0.496 e. The number of ether oxygens (including phenoxy) is 1. The molecule has 0 saturated heterocycles. The summed E-state index contributed by atoms with van der Waals surface area (Å²) in [7, 11) is 1.55. The van der Waals surface area contributed by atoms with Crippen molar-refractivity contribution in [1.82, 2.24) is 0 Å². The molecule has 88 valence electrons. The fourth-order valence-electron chi connectivity index (χ4n) is 2.26. The van der Waals surface area contributed by atoms with Gasteiger partial charge in [-0.05, 0) is 17.5 Å². The molecule has 0 amide bonds. The van der Waals surface area contributed by atoms with Crippen LogP contribution in [0.15, 0.2) is 16.6 Å². The van der Waals surface area contributed by atoms with Crippen LogP contribution in [0.3, 0.4) is 0 Å². The lowest BCUT2D eigenvalue weighted by atomic mass is 10.0. The molecular weight excluding hydrogens is 273 g/mol. The first-order valence-electron chi connectivity index (χ1n) is 5.18. The van der Waals surface area contributed by atoms with Gasteiger partial charge in [0.2, 0.25) is 0 Å². The zero-order chi connectivity index (χ0) is 12.1. The van der Waals surface area contributed by atoms with Crippen LogP contribution in [0.1, 0.15) is 25.3 Å². The lowest BCUT2D eigenvalue weighted by molar-refractivity contribution is 0.401. The number of hydrogen-bond acceptors (Lipinski definition) is 2. The fourth-order valence-corrected chi connectivity index (χ4v) is 2.67. The third-order valence-electron chi connectivity index (χ3n) is 3.50. The molecule has 1 aromatic carbocycles. The van der Waals surface area contributed by atoms with Crippen molar-refractivity contribution in [3.05, 3.63) is 28.0 Å². The average molecular weight is 288 g/mol. The van der Waals surface area contributed by atoms with Gasteiger partial charge in [-0.25, -0.2) is 4.39 Å². The molecule has 16 heavy (non-hydrogen) atoms. The van der Waals surface area contributed by atoms with Gasteiger partial charge in [-0.1, -0.05) is 29.8 Å². The van der Waals surface area contributed by atoms with Crippen LogP contribution >= 0.6 is 15.9 Å². The third-order valence-corrected chi connectivity index (χ3v) is 3.96. The number of methoxy groups -OCH3 is 1. The van der Waals surface area contributed by atoms with E-state index in [-0.39, 0.29) is 23.2 Å². The predicted molar refractivity (Wildman–Crippen MR) is 65.1 cm³/mol. The first kappa shape index (κ1) is 11.9.